The molecular formula is C14H17N3O3. The fraction of sp³-hybridized carbons (Fsp3) is 0.357. The monoisotopic (exact) mass is 275 g/mol. The van der Waals surface area contributed by atoms with Crippen molar-refractivity contribution >= 4 is 6.09 Å². The summed E-state index contributed by atoms with van der Waals surface area (Å²) in [7, 11) is 0. The van der Waals surface area contributed by atoms with Crippen molar-refractivity contribution in [2.45, 2.75) is 33.3 Å². The van der Waals surface area contributed by atoms with Gasteiger partial charge in [-0.05, 0) is 52.0 Å². The number of phenols is 1. The van der Waals surface area contributed by atoms with Crippen molar-refractivity contribution in [2.24, 2.45) is 0 Å². The van der Waals surface area contributed by atoms with Gasteiger partial charge in [0.1, 0.15) is 17.2 Å². The Bertz CT molecular complexity index is 624. The van der Waals surface area contributed by atoms with E-state index in [4.69, 9.17) is 4.74 Å². The summed E-state index contributed by atoms with van der Waals surface area (Å²) in [4.78, 5) is 16.4. The predicted molar refractivity (Wildman–Crippen MR) is 73.5 cm³/mol. The van der Waals surface area contributed by atoms with Gasteiger partial charge in [0.2, 0.25) is 0 Å². The summed E-state index contributed by atoms with van der Waals surface area (Å²) in [6, 6.07) is 6.39. The summed E-state index contributed by atoms with van der Waals surface area (Å²) < 4.78 is 6.43. The second-order valence-corrected chi connectivity index (χ2v) is 5.42. The van der Waals surface area contributed by atoms with Crippen LogP contribution >= 0.6 is 0 Å². The molecule has 2 rings (SSSR count). The van der Waals surface area contributed by atoms with Crippen LogP contribution in [0.25, 0.3) is 11.4 Å². The highest BCUT2D eigenvalue weighted by Crippen LogP contribution is 2.21. The number of carbonyl (C=O) groups is 1. The SMILES string of the molecule is Cc1nc(-c2ccc(O)cc2)n(C(=O)OC(C)(C)C)n1. The second-order valence-electron chi connectivity index (χ2n) is 5.42. The maximum atomic E-state index is 12.1. The Morgan fingerprint density at radius 3 is 2.40 bits per heavy atom. The summed E-state index contributed by atoms with van der Waals surface area (Å²) in [5.74, 6) is 1.00. The number of benzene rings is 1. The van der Waals surface area contributed by atoms with Gasteiger partial charge < -0.3 is 9.84 Å². The Morgan fingerprint density at radius 2 is 1.85 bits per heavy atom. The Balaban J connectivity index is 2.40. The van der Waals surface area contributed by atoms with Crippen LogP contribution in [0, 0.1) is 6.92 Å². The maximum Gasteiger partial charge on any atom is 0.437 e. The lowest BCUT2D eigenvalue weighted by Crippen LogP contribution is -2.28. The Labute approximate surface area is 117 Å². The lowest BCUT2D eigenvalue weighted by molar-refractivity contribution is 0.0517. The van der Waals surface area contributed by atoms with Crippen LogP contribution in [-0.2, 0) is 4.74 Å². The maximum absolute atomic E-state index is 12.1. The van der Waals surface area contributed by atoms with E-state index in [1.807, 2.05) is 0 Å². The molecule has 0 saturated heterocycles. The van der Waals surface area contributed by atoms with Gasteiger partial charge in [-0.25, -0.2) is 9.78 Å². The molecule has 106 valence electrons. The van der Waals surface area contributed by atoms with E-state index < -0.39 is 11.7 Å². The zero-order valence-corrected chi connectivity index (χ0v) is 11.9. The number of nitrogens with zero attached hydrogens (tertiary/aromatic N) is 3. The zero-order chi connectivity index (χ0) is 14.9. The summed E-state index contributed by atoms with van der Waals surface area (Å²) in [6.45, 7) is 7.06. The van der Waals surface area contributed by atoms with Crippen molar-refractivity contribution in [3.63, 3.8) is 0 Å². The highest BCUT2D eigenvalue weighted by Gasteiger charge is 2.22. The van der Waals surface area contributed by atoms with Crippen LogP contribution < -0.4 is 0 Å². The Morgan fingerprint density at radius 1 is 1.25 bits per heavy atom. The molecule has 0 aliphatic heterocycles. The number of rotatable bonds is 1. The van der Waals surface area contributed by atoms with Crippen LogP contribution in [-0.4, -0.2) is 31.6 Å². The zero-order valence-electron chi connectivity index (χ0n) is 11.9. The molecule has 0 radical (unpaired) electrons. The number of aromatic nitrogens is 3. The molecule has 0 amide bonds. The van der Waals surface area contributed by atoms with Crippen molar-refractivity contribution < 1.29 is 14.6 Å². The third-order valence-electron chi connectivity index (χ3n) is 2.40. The minimum Gasteiger partial charge on any atom is -0.508 e. The van der Waals surface area contributed by atoms with E-state index >= 15 is 0 Å². The van der Waals surface area contributed by atoms with Gasteiger partial charge in [-0.15, -0.1) is 9.78 Å². The summed E-state index contributed by atoms with van der Waals surface area (Å²) >= 11 is 0. The second kappa shape index (κ2) is 4.96. The first-order valence-corrected chi connectivity index (χ1v) is 6.23. The van der Waals surface area contributed by atoms with Gasteiger partial charge in [0, 0.05) is 5.56 Å². The van der Waals surface area contributed by atoms with Crippen molar-refractivity contribution in [3.05, 3.63) is 30.1 Å². The average molecular weight is 275 g/mol. The third-order valence-corrected chi connectivity index (χ3v) is 2.40. The molecule has 6 heteroatoms. The molecule has 20 heavy (non-hydrogen) atoms. The van der Waals surface area contributed by atoms with E-state index in [1.54, 1.807) is 39.8 Å². The van der Waals surface area contributed by atoms with Crippen molar-refractivity contribution in [1.29, 1.82) is 0 Å². The van der Waals surface area contributed by atoms with Gasteiger partial charge in [-0.2, -0.15) is 0 Å². The van der Waals surface area contributed by atoms with Crippen molar-refractivity contribution in [1.82, 2.24) is 14.8 Å². The lowest BCUT2D eigenvalue weighted by atomic mass is 10.2. The molecule has 1 heterocycles. The van der Waals surface area contributed by atoms with E-state index in [0.29, 0.717) is 17.2 Å². The van der Waals surface area contributed by atoms with E-state index in [-0.39, 0.29) is 5.75 Å². The quantitative estimate of drug-likeness (QED) is 0.865. The number of phenolic OH excluding ortho intramolecular Hbond substituents is 1. The van der Waals surface area contributed by atoms with Gasteiger partial charge in [-0.3, -0.25) is 0 Å². The molecule has 0 aliphatic carbocycles. The van der Waals surface area contributed by atoms with E-state index in [2.05, 4.69) is 10.1 Å². The molecule has 2 aromatic rings. The smallest absolute Gasteiger partial charge is 0.437 e. The van der Waals surface area contributed by atoms with Gasteiger partial charge in [0.15, 0.2) is 5.82 Å². The highest BCUT2D eigenvalue weighted by molar-refractivity contribution is 5.76. The molecule has 1 aromatic carbocycles. The van der Waals surface area contributed by atoms with Crippen LogP contribution in [0.1, 0.15) is 26.6 Å². The fourth-order valence-electron chi connectivity index (χ4n) is 1.64. The van der Waals surface area contributed by atoms with Gasteiger partial charge in [0.05, 0.1) is 0 Å². The molecule has 0 fully saturated rings. The number of hydrogen-bond donors (Lipinski definition) is 1. The van der Waals surface area contributed by atoms with E-state index in [9.17, 15) is 9.90 Å². The number of ether oxygens (including phenoxy) is 1. The predicted octanol–water partition coefficient (Wildman–Crippen LogP) is 2.74. The summed E-state index contributed by atoms with van der Waals surface area (Å²) in [6.07, 6.45) is -0.582. The van der Waals surface area contributed by atoms with Crippen molar-refractivity contribution in [2.75, 3.05) is 0 Å². The first-order valence-electron chi connectivity index (χ1n) is 6.23. The van der Waals surface area contributed by atoms with Crippen LogP contribution in [0.3, 0.4) is 0 Å². The first-order chi connectivity index (χ1) is 9.26. The lowest BCUT2D eigenvalue weighted by Gasteiger charge is -2.19. The molecule has 0 saturated carbocycles. The molecule has 6 nitrogen and oxygen atoms in total. The van der Waals surface area contributed by atoms with Crippen LogP contribution in [0.2, 0.25) is 0 Å². The Kier molecular flexibility index (Phi) is 3.48. The van der Waals surface area contributed by atoms with E-state index in [1.165, 1.54) is 12.1 Å². The van der Waals surface area contributed by atoms with Crippen LogP contribution in [0.15, 0.2) is 24.3 Å². The topological polar surface area (TPSA) is 77.2 Å². The fourth-order valence-corrected chi connectivity index (χ4v) is 1.64. The first kappa shape index (κ1) is 14.0. The summed E-state index contributed by atoms with van der Waals surface area (Å²) in [5, 5.41) is 13.4. The molecule has 1 aromatic heterocycles. The molecule has 0 atom stereocenters. The number of carbonyl (C=O) groups excluding carboxylic acids is 1. The molecule has 0 unspecified atom stereocenters. The molecule has 0 aliphatic rings. The minimum atomic E-state index is -0.608. The molecule has 0 bridgehead atoms. The molecular weight excluding hydrogens is 258 g/mol. The average Bonchev–Trinajstić information content (AvgIpc) is 2.70. The van der Waals surface area contributed by atoms with Crippen molar-refractivity contribution in [3.8, 4) is 17.1 Å². The third kappa shape index (κ3) is 3.14. The largest absolute Gasteiger partial charge is 0.508 e. The summed E-state index contributed by atoms with van der Waals surface area (Å²) in [5.41, 5.74) is 0.0673. The Hall–Kier alpha value is -2.37. The number of aryl methyl sites for hydroxylation is 1. The normalized spacial score (nSPS) is 11.4. The number of hydrogen-bond acceptors (Lipinski definition) is 5. The van der Waals surface area contributed by atoms with Gasteiger partial charge >= 0.3 is 6.09 Å². The molecule has 1 N–H and O–H groups in total. The van der Waals surface area contributed by atoms with Gasteiger partial charge in [-0.1, -0.05) is 0 Å². The minimum absolute atomic E-state index is 0.147. The molecule has 0 spiro atoms. The standard InChI is InChI=1S/C14H17N3O3/c1-9-15-12(10-5-7-11(18)8-6-10)17(16-9)13(19)20-14(2,3)4/h5-8,18H,1-4H3. The van der Waals surface area contributed by atoms with E-state index in [0.717, 1.165) is 4.68 Å². The number of aromatic hydroxyl groups is 1. The van der Waals surface area contributed by atoms with Gasteiger partial charge in [0.25, 0.3) is 0 Å². The highest BCUT2D eigenvalue weighted by atomic mass is 16.6. The van der Waals surface area contributed by atoms with Crippen LogP contribution in [0.5, 0.6) is 5.75 Å². The van der Waals surface area contributed by atoms with Crippen LogP contribution in [0.4, 0.5) is 4.79 Å².